The number of benzene rings is 1. The molecule has 6 heteroatoms. The average Bonchev–Trinajstić information content (AvgIpc) is 2.97. The summed E-state index contributed by atoms with van der Waals surface area (Å²) >= 11 is 0. The highest BCUT2D eigenvalue weighted by molar-refractivity contribution is 5.77. The van der Waals surface area contributed by atoms with Crippen LogP contribution in [-0.4, -0.2) is 37.3 Å². The van der Waals surface area contributed by atoms with Crippen LogP contribution < -0.4 is 15.4 Å². The van der Waals surface area contributed by atoms with Crippen molar-refractivity contribution >= 4 is 12.0 Å². The molecule has 6 nitrogen and oxygen atoms in total. The Labute approximate surface area is 149 Å². The first kappa shape index (κ1) is 19.1. The van der Waals surface area contributed by atoms with E-state index in [2.05, 4.69) is 22.8 Å². The van der Waals surface area contributed by atoms with Gasteiger partial charge in [0.15, 0.2) is 0 Å². The van der Waals surface area contributed by atoms with E-state index < -0.39 is 11.7 Å². The Morgan fingerprint density at radius 1 is 1.08 bits per heavy atom. The zero-order chi connectivity index (χ0) is 18.3. The van der Waals surface area contributed by atoms with Gasteiger partial charge in [-0.1, -0.05) is 6.07 Å². The summed E-state index contributed by atoms with van der Waals surface area (Å²) in [5.41, 5.74) is 2.24. The lowest BCUT2D eigenvalue weighted by molar-refractivity contribution is -0.121. The van der Waals surface area contributed by atoms with Crippen LogP contribution >= 0.6 is 0 Å². The van der Waals surface area contributed by atoms with Crippen molar-refractivity contribution in [2.24, 2.45) is 0 Å². The Morgan fingerprint density at radius 2 is 1.84 bits per heavy atom. The number of alkyl carbamates (subject to hydrolysis) is 1. The SMILES string of the molecule is CC(C)(C)OC(=O)NCCC(=O)NCCOc1ccc2c(c1)CCC2. The van der Waals surface area contributed by atoms with Gasteiger partial charge in [-0.25, -0.2) is 4.79 Å². The molecule has 0 unspecified atom stereocenters. The first-order valence-electron chi connectivity index (χ1n) is 8.82. The Kier molecular flexibility index (Phi) is 6.67. The van der Waals surface area contributed by atoms with Gasteiger partial charge in [0, 0.05) is 13.0 Å². The Balaban J connectivity index is 1.56. The number of hydrogen-bond donors (Lipinski definition) is 2. The molecule has 0 saturated heterocycles. The highest BCUT2D eigenvalue weighted by Gasteiger charge is 2.16. The summed E-state index contributed by atoms with van der Waals surface area (Å²) in [6, 6.07) is 6.20. The minimum absolute atomic E-state index is 0.131. The predicted octanol–water partition coefficient (Wildman–Crippen LogP) is 2.59. The molecule has 0 bridgehead atoms. The molecule has 0 spiro atoms. The first-order chi connectivity index (χ1) is 11.8. The molecule has 2 rings (SSSR count). The van der Waals surface area contributed by atoms with Gasteiger partial charge >= 0.3 is 6.09 Å². The zero-order valence-electron chi connectivity index (χ0n) is 15.3. The number of nitrogens with one attached hydrogen (secondary N) is 2. The van der Waals surface area contributed by atoms with Crippen LogP contribution in [0.4, 0.5) is 4.79 Å². The van der Waals surface area contributed by atoms with Gasteiger partial charge in [0.05, 0.1) is 6.54 Å². The highest BCUT2D eigenvalue weighted by atomic mass is 16.6. The van der Waals surface area contributed by atoms with Crippen LogP contribution in [0.1, 0.15) is 44.7 Å². The molecule has 0 radical (unpaired) electrons. The summed E-state index contributed by atoms with van der Waals surface area (Å²) in [5.74, 6) is 0.718. The Bertz CT molecular complexity index is 608. The van der Waals surface area contributed by atoms with Crippen LogP contribution in [0.5, 0.6) is 5.75 Å². The molecule has 0 aliphatic heterocycles. The largest absolute Gasteiger partial charge is 0.492 e. The van der Waals surface area contributed by atoms with E-state index in [0.29, 0.717) is 13.2 Å². The minimum atomic E-state index is -0.540. The van der Waals surface area contributed by atoms with Gasteiger partial charge in [0.25, 0.3) is 0 Å². The van der Waals surface area contributed by atoms with E-state index in [1.54, 1.807) is 20.8 Å². The molecule has 2 N–H and O–H groups in total. The van der Waals surface area contributed by atoms with Gasteiger partial charge < -0.3 is 20.1 Å². The van der Waals surface area contributed by atoms with E-state index in [0.717, 1.165) is 18.6 Å². The smallest absolute Gasteiger partial charge is 0.407 e. The molecule has 2 amide bonds. The molecule has 0 heterocycles. The Hall–Kier alpha value is -2.24. The number of aryl methyl sites for hydroxylation is 2. The average molecular weight is 348 g/mol. The maximum atomic E-state index is 11.7. The molecule has 25 heavy (non-hydrogen) atoms. The molecule has 138 valence electrons. The van der Waals surface area contributed by atoms with Gasteiger partial charge in [-0.3, -0.25) is 4.79 Å². The standard InChI is InChI=1S/C19H28N2O4/c1-19(2,3)25-18(23)21-10-9-17(22)20-11-12-24-16-8-7-14-5-4-6-15(14)13-16/h7-8,13H,4-6,9-12H2,1-3H3,(H,20,22)(H,21,23). The van der Waals surface area contributed by atoms with Gasteiger partial charge in [-0.15, -0.1) is 0 Å². The molecule has 1 aliphatic rings. The zero-order valence-corrected chi connectivity index (χ0v) is 15.3. The van der Waals surface area contributed by atoms with Crippen LogP contribution in [-0.2, 0) is 22.4 Å². The van der Waals surface area contributed by atoms with Crippen molar-refractivity contribution in [3.63, 3.8) is 0 Å². The van der Waals surface area contributed by atoms with Crippen LogP contribution in [0.15, 0.2) is 18.2 Å². The second kappa shape index (κ2) is 8.74. The molecular weight excluding hydrogens is 320 g/mol. The summed E-state index contributed by atoms with van der Waals surface area (Å²) in [5, 5.41) is 5.33. The summed E-state index contributed by atoms with van der Waals surface area (Å²) in [7, 11) is 0. The van der Waals surface area contributed by atoms with E-state index in [9.17, 15) is 9.59 Å². The molecule has 1 aromatic carbocycles. The quantitative estimate of drug-likeness (QED) is 0.743. The van der Waals surface area contributed by atoms with Gasteiger partial charge in [-0.05, 0) is 63.3 Å². The van der Waals surface area contributed by atoms with E-state index in [1.807, 2.05) is 6.07 Å². The van der Waals surface area contributed by atoms with Gasteiger partial charge in [0.1, 0.15) is 18.0 Å². The number of carbonyl (C=O) groups excluding carboxylic acids is 2. The number of rotatable bonds is 7. The molecule has 1 aliphatic carbocycles. The third kappa shape index (κ3) is 7.03. The second-order valence-electron chi connectivity index (χ2n) is 7.16. The van der Waals surface area contributed by atoms with E-state index >= 15 is 0 Å². The van der Waals surface area contributed by atoms with Gasteiger partial charge in [0.2, 0.25) is 5.91 Å². The summed E-state index contributed by atoms with van der Waals surface area (Å²) in [6.45, 7) is 6.47. The Morgan fingerprint density at radius 3 is 2.60 bits per heavy atom. The third-order valence-corrected chi connectivity index (χ3v) is 3.78. The number of hydrogen-bond acceptors (Lipinski definition) is 4. The minimum Gasteiger partial charge on any atom is -0.492 e. The lowest BCUT2D eigenvalue weighted by Crippen LogP contribution is -2.35. The molecular formula is C19H28N2O4. The van der Waals surface area contributed by atoms with Crippen LogP contribution in [0.25, 0.3) is 0 Å². The number of amides is 2. The second-order valence-corrected chi connectivity index (χ2v) is 7.16. The van der Waals surface area contributed by atoms with Crippen molar-refractivity contribution in [3.8, 4) is 5.75 Å². The van der Waals surface area contributed by atoms with Crippen molar-refractivity contribution in [3.05, 3.63) is 29.3 Å². The fraction of sp³-hybridized carbons (Fsp3) is 0.579. The molecule has 1 aromatic rings. The lowest BCUT2D eigenvalue weighted by Gasteiger charge is -2.19. The third-order valence-electron chi connectivity index (χ3n) is 3.78. The summed E-state index contributed by atoms with van der Waals surface area (Å²) in [4.78, 5) is 23.2. The van der Waals surface area contributed by atoms with Crippen molar-refractivity contribution in [2.45, 2.75) is 52.1 Å². The van der Waals surface area contributed by atoms with E-state index in [-0.39, 0.29) is 18.9 Å². The van der Waals surface area contributed by atoms with Crippen molar-refractivity contribution in [2.75, 3.05) is 19.7 Å². The predicted molar refractivity (Wildman–Crippen MR) is 95.8 cm³/mol. The van der Waals surface area contributed by atoms with Gasteiger partial charge in [-0.2, -0.15) is 0 Å². The van der Waals surface area contributed by atoms with E-state index in [4.69, 9.17) is 9.47 Å². The number of carbonyl (C=O) groups is 2. The van der Waals surface area contributed by atoms with Crippen LogP contribution in [0, 0.1) is 0 Å². The van der Waals surface area contributed by atoms with Crippen molar-refractivity contribution in [1.82, 2.24) is 10.6 Å². The summed E-state index contributed by atoms with van der Waals surface area (Å²) < 4.78 is 10.8. The molecule has 0 fully saturated rings. The highest BCUT2D eigenvalue weighted by Crippen LogP contribution is 2.25. The molecule has 0 atom stereocenters. The molecule has 0 saturated carbocycles. The number of ether oxygens (including phenoxy) is 2. The fourth-order valence-electron chi connectivity index (χ4n) is 2.68. The van der Waals surface area contributed by atoms with Crippen molar-refractivity contribution in [1.29, 1.82) is 0 Å². The van der Waals surface area contributed by atoms with Crippen LogP contribution in [0.3, 0.4) is 0 Å². The summed E-state index contributed by atoms with van der Waals surface area (Å²) in [6.07, 6.45) is 3.18. The van der Waals surface area contributed by atoms with Crippen molar-refractivity contribution < 1.29 is 19.1 Å². The topological polar surface area (TPSA) is 76.7 Å². The first-order valence-corrected chi connectivity index (χ1v) is 8.82. The fourth-order valence-corrected chi connectivity index (χ4v) is 2.68. The molecule has 0 aromatic heterocycles. The van der Waals surface area contributed by atoms with Crippen LogP contribution in [0.2, 0.25) is 0 Å². The maximum Gasteiger partial charge on any atom is 0.407 e. The lowest BCUT2D eigenvalue weighted by atomic mass is 10.1. The monoisotopic (exact) mass is 348 g/mol. The van der Waals surface area contributed by atoms with E-state index in [1.165, 1.54) is 17.5 Å². The normalized spacial score (nSPS) is 13.1. The maximum absolute atomic E-state index is 11.7. The number of fused-ring (bicyclic) bond motifs is 1.